The average Bonchev–Trinajstić information content (AvgIpc) is 3.73. The van der Waals surface area contributed by atoms with Crippen molar-refractivity contribution < 1.29 is 23.9 Å². The maximum atomic E-state index is 13.6. The molecule has 242 valence electrons. The molecule has 2 N–H and O–H groups in total. The summed E-state index contributed by atoms with van der Waals surface area (Å²) in [6.07, 6.45) is 3.74. The number of hydrogen-bond donors (Lipinski definition) is 2. The molecule has 0 saturated carbocycles. The van der Waals surface area contributed by atoms with Crippen molar-refractivity contribution in [3.63, 3.8) is 0 Å². The third kappa shape index (κ3) is 8.06. The number of methoxy groups -OCH3 is 1. The second kappa shape index (κ2) is 15.1. The number of aromatic nitrogens is 6. The zero-order valence-corrected chi connectivity index (χ0v) is 26.3. The van der Waals surface area contributed by atoms with Gasteiger partial charge in [0.15, 0.2) is 23.1 Å². The van der Waals surface area contributed by atoms with Crippen molar-refractivity contribution in [2.45, 2.75) is 45.8 Å². The lowest BCUT2D eigenvalue weighted by Gasteiger charge is -2.26. The number of carbonyl (C=O) groups is 3. The first-order valence-corrected chi connectivity index (χ1v) is 15.3. The predicted octanol–water partition coefficient (Wildman–Crippen LogP) is 2.49. The van der Waals surface area contributed by atoms with E-state index in [0.29, 0.717) is 48.2 Å². The Labute approximate surface area is 267 Å². The molecule has 0 aliphatic carbocycles. The maximum Gasteiger partial charge on any atom is 0.251 e. The molecular weight excluding hydrogens is 590 g/mol. The number of benzene rings is 2. The summed E-state index contributed by atoms with van der Waals surface area (Å²) < 4.78 is 15.0. The molecule has 2 aromatic heterocycles. The van der Waals surface area contributed by atoms with Crippen molar-refractivity contribution >= 4 is 17.7 Å². The van der Waals surface area contributed by atoms with Gasteiger partial charge in [-0.3, -0.25) is 19.1 Å². The van der Waals surface area contributed by atoms with Gasteiger partial charge in [-0.15, -0.1) is 0 Å². The average molecular weight is 630 g/mol. The number of ether oxygens (including phenoxy) is 2. The first-order chi connectivity index (χ1) is 22.3. The minimum absolute atomic E-state index is 0.0542. The molecule has 3 heterocycles. The van der Waals surface area contributed by atoms with Crippen LogP contribution in [0.4, 0.5) is 0 Å². The van der Waals surface area contributed by atoms with E-state index in [1.54, 1.807) is 33.9 Å². The Balaban J connectivity index is 1.45. The van der Waals surface area contributed by atoms with Gasteiger partial charge in [0.1, 0.15) is 19.3 Å². The molecule has 2 aromatic carbocycles. The molecule has 0 spiro atoms. The quantitative estimate of drug-likeness (QED) is 0.313. The highest BCUT2D eigenvalue weighted by molar-refractivity contribution is 5.95. The molecule has 14 heteroatoms. The van der Waals surface area contributed by atoms with Gasteiger partial charge in [-0.05, 0) is 30.5 Å². The van der Waals surface area contributed by atoms with Gasteiger partial charge in [0, 0.05) is 37.2 Å². The summed E-state index contributed by atoms with van der Waals surface area (Å²) >= 11 is 0. The van der Waals surface area contributed by atoms with Crippen LogP contribution in [0.1, 0.15) is 48.9 Å². The van der Waals surface area contributed by atoms with Crippen LogP contribution >= 0.6 is 0 Å². The van der Waals surface area contributed by atoms with Gasteiger partial charge in [-0.1, -0.05) is 44.2 Å². The topological polar surface area (TPSA) is 158 Å². The first kappa shape index (κ1) is 32.1. The van der Waals surface area contributed by atoms with Crippen LogP contribution in [0, 0.1) is 5.92 Å². The number of carbonyl (C=O) groups excluding carboxylic acids is 3. The highest BCUT2D eigenvalue weighted by Gasteiger charge is 2.27. The SMILES string of the molecule is COc1ccc2cc1OCCn1nc(-c3ccccc3)nc1[C@@H](C(C)C)NC(=O)CN(C(=O)CCCn1cncn1)CCNC2=O. The molecule has 1 atom stereocenters. The van der Waals surface area contributed by atoms with Crippen molar-refractivity contribution in [1.82, 2.24) is 45.1 Å². The Hall–Kier alpha value is -5.27. The molecule has 4 aromatic rings. The largest absolute Gasteiger partial charge is 0.493 e. The maximum absolute atomic E-state index is 13.6. The zero-order chi connectivity index (χ0) is 32.5. The van der Waals surface area contributed by atoms with E-state index in [4.69, 9.17) is 19.6 Å². The van der Waals surface area contributed by atoms with E-state index in [2.05, 4.69) is 20.7 Å². The van der Waals surface area contributed by atoms with E-state index in [9.17, 15) is 14.4 Å². The monoisotopic (exact) mass is 629 g/mol. The lowest BCUT2D eigenvalue weighted by atomic mass is 10.0. The number of nitrogens with zero attached hydrogens (tertiary/aromatic N) is 7. The molecule has 0 unspecified atom stereocenters. The fraction of sp³-hybridized carbons (Fsp3) is 0.406. The first-order valence-electron chi connectivity index (χ1n) is 15.3. The summed E-state index contributed by atoms with van der Waals surface area (Å²) in [5.41, 5.74) is 1.21. The lowest BCUT2D eigenvalue weighted by Crippen LogP contribution is -2.46. The van der Waals surface area contributed by atoms with Crippen LogP contribution in [-0.2, 0) is 22.7 Å². The standard InChI is InChI=1S/C32H39N9O5/c1-22(2)29-31-37-30(23-8-5-4-6-9-23)38-41(31)16-17-46-26-18-24(11-12-25(26)45-3)32(44)34-13-15-39(19-27(42)36-29)28(43)10-7-14-40-21-33-20-35-40/h4-6,8-9,11-12,18,20-22,29H,7,10,13-17,19H2,1-3H3,(H,34,44)(H,36,42)/t29-/m1/s1. The second-order valence-electron chi connectivity index (χ2n) is 11.2. The summed E-state index contributed by atoms with van der Waals surface area (Å²) in [7, 11) is 1.53. The van der Waals surface area contributed by atoms with Gasteiger partial charge >= 0.3 is 0 Å². The van der Waals surface area contributed by atoms with E-state index in [1.165, 1.54) is 18.3 Å². The van der Waals surface area contributed by atoms with Crippen molar-refractivity contribution in [3.05, 3.63) is 72.6 Å². The molecule has 0 saturated heterocycles. The van der Waals surface area contributed by atoms with Crippen molar-refractivity contribution in [1.29, 1.82) is 0 Å². The van der Waals surface area contributed by atoms with Crippen LogP contribution in [0.2, 0.25) is 0 Å². The summed E-state index contributed by atoms with van der Waals surface area (Å²) in [6.45, 7) is 5.10. The minimum atomic E-state index is -0.505. The molecule has 5 rings (SSSR count). The van der Waals surface area contributed by atoms with E-state index in [1.807, 2.05) is 44.2 Å². The fourth-order valence-electron chi connectivity index (χ4n) is 5.15. The molecule has 1 aliphatic rings. The highest BCUT2D eigenvalue weighted by atomic mass is 16.5. The van der Waals surface area contributed by atoms with Crippen LogP contribution in [0.3, 0.4) is 0 Å². The van der Waals surface area contributed by atoms with Gasteiger partial charge < -0.3 is 25.0 Å². The van der Waals surface area contributed by atoms with Crippen LogP contribution in [0.15, 0.2) is 61.2 Å². The fourth-order valence-corrected chi connectivity index (χ4v) is 5.15. The van der Waals surface area contributed by atoms with Crippen LogP contribution in [0.5, 0.6) is 11.5 Å². The lowest BCUT2D eigenvalue weighted by molar-refractivity contribution is -0.136. The molecule has 1 aliphatic heterocycles. The van der Waals surface area contributed by atoms with Crippen molar-refractivity contribution in [2.75, 3.05) is 33.4 Å². The van der Waals surface area contributed by atoms with Crippen LogP contribution in [0.25, 0.3) is 11.4 Å². The molecular formula is C32H39N9O5. The van der Waals surface area contributed by atoms with E-state index in [-0.39, 0.29) is 56.3 Å². The summed E-state index contributed by atoms with van der Waals surface area (Å²) in [5.74, 6) is 1.02. The number of nitrogens with one attached hydrogen (secondary N) is 2. The number of fused-ring (bicyclic) bond motifs is 3. The molecule has 46 heavy (non-hydrogen) atoms. The number of rotatable bonds is 7. The third-order valence-corrected chi connectivity index (χ3v) is 7.58. The number of hydrogen-bond acceptors (Lipinski definition) is 9. The smallest absolute Gasteiger partial charge is 0.251 e. The van der Waals surface area contributed by atoms with Gasteiger partial charge in [-0.2, -0.15) is 10.2 Å². The number of aryl methyl sites for hydroxylation is 1. The number of amides is 3. The second-order valence-corrected chi connectivity index (χ2v) is 11.2. The van der Waals surface area contributed by atoms with Crippen LogP contribution in [-0.4, -0.2) is 85.5 Å². The van der Waals surface area contributed by atoms with Crippen LogP contribution < -0.4 is 20.1 Å². The summed E-state index contributed by atoms with van der Waals surface area (Å²) in [4.78, 5) is 50.2. The minimum Gasteiger partial charge on any atom is -0.493 e. The van der Waals surface area contributed by atoms with E-state index < -0.39 is 6.04 Å². The Morgan fingerprint density at radius 3 is 2.67 bits per heavy atom. The Morgan fingerprint density at radius 1 is 1.11 bits per heavy atom. The molecule has 14 nitrogen and oxygen atoms in total. The third-order valence-electron chi connectivity index (χ3n) is 7.58. The zero-order valence-electron chi connectivity index (χ0n) is 26.3. The van der Waals surface area contributed by atoms with Crippen molar-refractivity contribution in [3.8, 4) is 22.9 Å². The molecule has 2 bridgehead atoms. The normalized spacial score (nSPS) is 16.2. The molecule has 0 radical (unpaired) electrons. The Morgan fingerprint density at radius 2 is 1.93 bits per heavy atom. The Bertz CT molecular complexity index is 1620. The summed E-state index contributed by atoms with van der Waals surface area (Å²) in [6, 6.07) is 14.0. The Kier molecular flexibility index (Phi) is 10.6. The predicted molar refractivity (Wildman–Crippen MR) is 168 cm³/mol. The van der Waals surface area contributed by atoms with Gasteiger partial charge in [0.25, 0.3) is 5.91 Å². The highest BCUT2D eigenvalue weighted by Crippen LogP contribution is 2.29. The summed E-state index contributed by atoms with van der Waals surface area (Å²) in [5, 5.41) is 14.8. The van der Waals surface area contributed by atoms with Gasteiger partial charge in [0.2, 0.25) is 11.8 Å². The van der Waals surface area contributed by atoms with E-state index in [0.717, 1.165) is 5.56 Å². The molecule has 0 fully saturated rings. The van der Waals surface area contributed by atoms with Gasteiger partial charge in [0.05, 0.1) is 26.2 Å². The van der Waals surface area contributed by atoms with Gasteiger partial charge in [-0.25, -0.2) is 14.6 Å². The van der Waals surface area contributed by atoms with E-state index >= 15 is 0 Å². The van der Waals surface area contributed by atoms with Crippen molar-refractivity contribution in [2.24, 2.45) is 5.92 Å². The molecule has 3 amide bonds.